The second kappa shape index (κ2) is 13.8. The predicted molar refractivity (Wildman–Crippen MR) is 141 cm³/mol. The summed E-state index contributed by atoms with van der Waals surface area (Å²) < 4.78 is 39.1. The molecule has 38 heavy (non-hydrogen) atoms. The Morgan fingerprint density at radius 3 is 1.95 bits per heavy atom. The van der Waals surface area contributed by atoms with Gasteiger partial charge in [0.15, 0.2) is 46.7 Å². The zero-order valence-electron chi connectivity index (χ0n) is 22.0. The van der Waals surface area contributed by atoms with Gasteiger partial charge in [-0.25, -0.2) is 4.79 Å². The Morgan fingerprint density at radius 2 is 1.32 bits per heavy atom. The third-order valence-corrected chi connectivity index (χ3v) is 5.66. The van der Waals surface area contributed by atoms with E-state index in [0.29, 0.717) is 45.6 Å². The van der Waals surface area contributed by atoms with Gasteiger partial charge in [0.05, 0.1) is 42.2 Å². The average molecular weight is 525 g/mol. The number of aliphatic hydroxyl groups is 1. The van der Waals surface area contributed by atoms with Gasteiger partial charge in [0.1, 0.15) is 0 Å². The van der Waals surface area contributed by atoms with Crippen molar-refractivity contribution in [3.05, 3.63) is 77.9 Å². The van der Waals surface area contributed by atoms with Crippen LogP contribution in [0.5, 0.6) is 34.5 Å². The number of methoxy groups -OCH3 is 5. The topological polar surface area (TPSA) is 102 Å². The highest BCUT2D eigenvalue weighted by Crippen LogP contribution is 2.38. The highest BCUT2D eigenvalue weighted by atomic mass is 16.6. The van der Waals surface area contributed by atoms with E-state index in [0.717, 1.165) is 0 Å². The molecule has 9 nitrogen and oxygen atoms in total. The number of aliphatic hydroxyl groups excluding tert-OH is 1. The Morgan fingerprint density at radius 1 is 0.737 bits per heavy atom. The molecular formula is C29H32O9. The van der Waals surface area contributed by atoms with Crippen LogP contribution < -0.4 is 28.4 Å². The van der Waals surface area contributed by atoms with Crippen LogP contribution >= 0.6 is 0 Å². The molecule has 0 heterocycles. The van der Waals surface area contributed by atoms with E-state index in [1.165, 1.54) is 27.4 Å². The highest BCUT2D eigenvalue weighted by Gasteiger charge is 2.30. The number of carbonyl (C=O) groups excluding carboxylic acids is 1. The third-order valence-electron chi connectivity index (χ3n) is 5.66. The maximum atomic E-state index is 11.5. The summed E-state index contributed by atoms with van der Waals surface area (Å²) in [7, 11) is 7.45. The van der Waals surface area contributed by atoms with E-state index in [9.17, 15) is 9.90 Å². The van der Waals surface area contributed by atoms with Gasteiger partial charge >= 0.3 is 5.97 Å². The monoisotopic (exact) mass is 524 g/mol. The first-order valence-electron chi connectivity index (χ1n) is 11.7. The second-order valence-electron chi connectivity index (χ2n) is 7.91. The van der Waals surface area contributed by atoms with Crippen LogP contribution in [0.4, 0.5) is 0 Å². The number of esters is 1. The molecule has 3 aromatic rings. The lowest BCUT2D eigenvalue weighted by molar-refractivity contribution is -0.134. The largest absolute Gasteiger partial charge is 0.493 e. The second-order valence-corrected chi connectivity index (χ2v) is 7.91. The molecule has 0 saturated heterocycles. The van der Waals surface area contributed by atoms with E-state index in [4.69, 9.17) is 28.4 Å². The van der Waals surface area contributed by atoms with Crippen molar-refractivity contribution in [3.63, 3.8) is 0 Å². The molecule has 0 bridgehead atoms. The van der Waals surface area contributed by atoms with Crippen molar-refractivity contribution < 1.29 is 43.1 Å². The molecule has 0 radical (unpaired) electrons. The smallest absolute Gasteiger partial charge is 0.330 e. The standard InChI is InChI=1S/C29H32O9/c1-32-21-8-6-7-9-23(21)37-27(18-30)29(20-12-14-22(33-2)26(17-20)35-4)38-24-13-10-19(16-25(24)34-3)11-15-28(31)36-5/h6-17,27,29-30H,18H2,1-5H3/b15-11+/t27-,29-/m1/s1. The molecule has 0 aliphatic heterocycles. The molecule has 0 amide bonds. The number of benzene rings is 3. The van der Waals surface area contributed by atoms with Crippen molar-refractivity contribution in [2.75, 3.05) is 42.2 Å². The van der Waals surface area contributed by atoms with E-state index < -0.39 is 18.2 Å². The fourth-order valence-corrected chi connectivity index (χ4v) is 3.72. The minimum atomic E-state index is -0.854. The molecule has 0 aliphatic carbocycles. The molecule has 3 rings (SSSR count). The van der Waals surface area contributed by atoms with Gasteiger partial charge in [-0.05, 0) is 48.0 Å². The van der Waals surface area contributed by atoms with Crippen LogP contribution in [-0.2, 0) is 9.53 Å². The van der Waals surface area contributed by atoms with Crippen molar-refractivity contribution in [2.45, 2.75) is 12.2 Å². The first-order valence-corrected chi connectivity index (χ1v) is 11.7. The van der Waals surface area contributed by atoms with E-state index in [1.807, 2.05) is 12.1 Å². The van der Waals surface area contributed by atoms with Crippen LogP contribution in [0.2, 0.25) is 0 Å². The van der Waals surface area contributed by atoms with Gasteiger partial charge < -0.3 is 38.3 Å². The molecule has 0 fully saturated rings. The van der Waals surface area contributed by atoms with Crippen LogP contribution in [0.1, 0.15) is 17.2 Å². The normalized spacial score (nSPS) is 12.4. The number of rotatable bonds is 13. The van der Waals surface area contributed by atoms with Gasteiger partial charge in [-0.3, -0.25) is 0 Å². The van der Waals surface area contributed by atoms with Crippen molar-refractivity contribution in [1.82, 2.24) is 0 Å². The molecule has 0 saturated carbocycles. The SMILES string of the molecule is COC(=O)/C=C/c1ccc(O[C@H](c2ccc(OC)c(OC)c2)[C@@H](CO)Oc2ccccc2OC)c(OC)c1. The Kier molecular flexibility index (Phi) is 10.2. The van der Waals surface area contributed by atoms with E-state index in [2.05, 4.69) is 4.74 Å². The lowest BCUT2D eigenvalue weighted by Crippen LogP contribution is -2.33. The number of hydrogen-bond acceptors (Lipinski definition) is 9. The van der Waals surface area contributed by atoms with Crippen LogP contribution in [0.25, 0.3) is 6.08 Å². The predicted octanol–water partition coefficient (Wildman–Crippen LogP) is 4.47. The maximum Gasteiger partial charge on any atom is 0.330 e. The fraction of sp³-hybridized carbons (Fsp3) is 0.276. The summed E-state index contributed by atoms with van der Waals surface area (Å²) in [6, 6.07) is 17.6. The van der Waals surface area contributed by atoms with Gasteiger partial charge in [0.25, 0.3) is 0 Å². The molecule has 9 heteroatoms. The number of hydrogen-bond donors (Lipinski definition) is 1. The van der Waals surface area contributed by atoms with Gasteiger partial charge in [-0.15, -0.1) is 0 Å². The van der Waals surface area contributed by atoms with Gasteiger partial charge in [-0.1, -0.05) is 24.3 Å². The first-order chi connectivity index (χ1) is 18.5. The van der Waals surface area contributed by atoms with E-state index >= 15 is 0 Å². The molecule has 0 aromatic heterocycles. The highest BCUT2D eigenvalue weighted by molar-refractivity contribution is 5.87. The third kappa shape index (κ3) is 6.89. The van der Waals surface area contributed by atoms with E-state index in [1.54, 1.807) is 68.8 Å². The number of carbonyl (C=O) groups is 1. The van der Waals surface area contributed by atoms with Crippen molar-refractivity contribution >= 4 is 12.0 Å². The van der Waals surface area contributed by atoms with Gasteiger partial charge in [-0.2, -0.15) is 0 Å². The van der Waals surface area contributed by atoms with Crippen LogP contribution in [0.15, 0.2) is 66.7 Å². The molecule has 3 aromatic carbocycles. The lowest BCUT2D eigenvalue weighted by Gasteiger charge is -2.29. The Balaban J connectivity index is 2.04. The molecular weight excluding hydrogens is 492 g/mol. The molecule has 202 valence electrons. The van der Waals surface area contributed by atoms with Crippen molar-refractivity contribution in [2.24, 2.45) is 0 Å². The molecule has 0 aliphatic rings. The summed E-state index contributed by atoms with van der Waals surface area (Å²) in [5.41, 5.74) is 1.36. The minimum Gasteiger partial charge on any atom is -0.493 e. The molecule has 1 N–H and O–H groups in total. The van der Waals surface area contributed by atoms with Crippen LogP contribution in [-0.4, -0.2) is 59.3 Å². The Hall–Kier alpha value is -4.37. The number of ether oxygens (including phenoxy) is 7. The van der Waals surface area contributed by atoms with Crippen molar-refractivity contribution in [3.8, 4) is 34.5 Å². The Labute approximate surface area is 222 Å². The summed E-state index contributed by atoms with van der Waals surface area (Å²) >= 11 is 0. The minimum absolute atomic E-state index is 0.376. The fourth-order valence-electron chi connectivity index (χ4n) is 3.72. The Bertz CT molecular complexity index is 1240. The maximum absolute atomic E-state index is 11.5. The summed E-state index contributed by atoms with van der Waals surface area (Å²) in [5.74, 6) is 2.32. The van der Waals surface area contributed by atoms with Gasteiger partial charge in [0, 0.05) is 11.6 Å². The van der Waals surface area contributed by atoms with Crippen LogP contribution in [0, 0.1) is 0 Å². The summed E-state index contributed by atoms with van der Waals surface area (Å²) in [6.45, 7) is -0.376. The molecule has 2 atom stereocenters. The average Bonchev–Trinajstić information content (AvgIpc) is 2.97. The molecule has 0 spiro atoms. The zero-order chi connectivity index (χ0) is 27.5. The van der Waals surface area contributed by atoms with Crippen LogP contribution in [0.3, 0.4) is 0 Å². The summed E-state index contributed by atoms with van der Waals surface area (Å²) in [5, 5.41) is 10.4. The number of para-hydroxylation sites is 2. The summed E-state index contributed by atoms with van der Waals surface area (Å²) in [4.78, 5) is 11.5. The molecule has 0 unspecified atom stereocenters. The zero-order valence-corrected chi connectivity index (χ0v) is 22.0. The van der Waals surface area contributed by atoms with Crippen molar-refractivity contribution in [1.29, 1.82) is 0 Å². The summed E-state index contributed by atoms with van der Waals surface area (Å²) in [6.07, 6.45) is 1.25. The lowest BCUT2D eigenvalue weighted by atomic mass is 10.0. The first kappa shape index (κ1) is 28.2. The van der Waals surface area contributed by atoms with Gasteiger partial charge in [0.2, 0.25) is 0 Å². The quantitative estimate of drug-likeness (QED) is 0.256. The van der Waals surface area contributed by atoms with E-state index in [-0.39, 0.29) is 6.61 Å².